The maximum absolute atomic E-state index is 11.2. The van der Waals surface area contributed by atoms with Gasteiger partial charge in [0.25, 0.3) is 0 Å². The van der Waals surface area contributed by atoms with Gasteiger partial charge < -0.3 is 14.9 Å². The van der Waals surface area contributed by atoms with Crippen LogP contribution in [0.15, 0.2) is 0 Å². The molecular weight excluding hydrogens is 272 g/mol. The van der Waals surface area contributed by atoms with Crippen molar-refractivity contribution in [3.63, 3.8) is 0 Å². The van der Waals surface area contributed by atoms with Crippen LogP contribution < -0.4 is 0 Å². The molecule has 122 valence electrons. The second kappa shape index (κ2) is 9.77. The van der Waals surface area contributed by atoms with Gasteiger partial charge in [-0.15, -0.1) is 0 Å². The Balaban J connectivity index is 1.90. The van der Waals surface area contributed by atoms with Crippen molar-refractivity contribution in [3.05, 3.63) is 0 Å². The van der Waals surface area contributed by atoms with Crippen LogP contribution in [0.4, 0.5) is 0 Å². The predicted molar refractivity (Wildman–Crippen MR) is 78.9 cm³/mol. The molecule has 0 bridgehead atoms. The first kappa shape index (κ1) is 18.0. The quantitative estimate of drug-likeness (QED) is 0.452. The minimum atomic E-state index is -0.841. The fourth-order valence-electron chi connectivity index (χ4n) is 2.77. The van der Waals surface area contributed by atoms with E-state index in [4.69, 9.17) is 9.84 Å². The molecule has 1 aliphatic heterocycles. The molecule has 1 aliphatic rings. The molecule has 1 atom stereocenters. The Labute approximate surface area is 126 Å². The van der Waals surface area contributed by atoms with Gasteiger partial charge in [0, 0.05) is 12.8 Å². The van der Waals surface area contributed by atoms with Gasteiger partial charge in [0.1, 0.15) is 0 Å². The third-order valence-electron chi connectivity index (χ3n) is 4.09. The molecule has 1 fully saturated rings. The Morgan fingerprint density at radius 2 is 1.62 bits per heavy atom. The first-order valence-electron chi connectivity index (χ1n) is 8.12. The zero-order chi connectivity index (χ0) is 15.6. The highest BCUT2D eigenvalue weighted by atomic mass is 16.5. The normalized spacial score (nSPS) is 22.0. The van der Waals surface area contributed by atoms with Crippen LogP contribution in [0.2, 0.25) is 0 Å². The van der Waals surface area contributed by atoms with Crippen LogP contribution in [0.5, 0.6) is 0 Å². The second-order valence-electron chi connectivity index (χ2n) is 6.09. The Morgan fingerprint density at radius 3 is 2.19 bits per heavy atom. The summed E-state index contributed by atoms with van der Waals surface area (Å²) in [4.78, 5) is 21.5. The summed E-state index contributed by atoms with van der Waals surface area (Å²) in [6.45, 7) is 0.339. The first-order valence-corrected chi connectivity index (χ1v) is 8.12. The molecule has 1 rings (SSSR count). The van der Waals surface area contributed by atoms with Crippen molar-refractivity contribution in [2.45, 2.75) is 82.7 Å². The van der Waals surface area contributed by atoms with Gasteiger partial charge in [-0.05, 0) is 12.8 Å². The predicted octanol–water partition coefficient (Wildman–Crippen LogP) is 3.04. The van der Waals surface area contributed by atoms with E-state index in [1.807, 2.05) is 0 Å². The molecule has 0 radical (unpaired) electrons. The summed E-state index contributed by atoms with van der Waals surface area (Å²) in [7, 11) is 0. The van der Waals surface area contributed by atoms with E-state index in [1.165, 1.54) is 0 Å². The van der Waals surface area contributed by atoms with Gasteiger partial charge in [-0.2, -0.15) is 0 Å². The number of unbranched alkanes of at least 4 members (excludes halogenated alkanes) is 7. The number of ether oxygens (including phenoxy) is 1. The fourth-order valence-corrected chi connectivity index (χ4v) is 2.77. The van der Waals surface area contributed by atoms with Crippen molar-refractivity contribution in [1.29, 1.82) is 0 Å². The fraction of sp³-hybridized carbons (Fsp3) is 0.875. The molecule has 1 unspecified atom stereocenters. The van der Waals surface area contributed by atoms with Crippen LogP contribution in [-0.2, 0) is 14.3 Å². The van der Waals surface area contributed by atoms with Crippen molar-refractivity contribution in [1.82, 2.24) is 0 Å². The van der Waals surface area contributed by atoms with E-state index in [2.05, 4.69) is 0 Å². The lowest BCUT2D eigenvalue weighted by atomic mass is 9.88. The van der Waals surface area contributed by atoms with E-state index in [9.17, 15) is 14.7 Å². The highest BCUT2D eigenvalue weighted by Crippen LogP contribution is 2.27. The maximum Gasteiger partial charge on any atom is 0.308 e. The summed E-state index contributed by atoms with van der Waals surface area (Å²) in [5.74, 6) is -0.996. The van der Waals surface area contributed by atoms with Gasteiger partial charge in [-0.3, -0.25) is 9.59 Å². The molecule has 0 aromatic heterocycles. The molecule has 0 saturated carbocycles. The summed E-state index contributed by atoms with van der Waals surface area (Å²) in [6.07, 6.45) is 9.99. The van der Waals surface area contributed by atoms with Crippen LogP contribution in [0.25, 0.3) is 0 Å². The molecular formula is C16H28O5. The number of cyclic esters (lactones) is 1. The van der Waals surface area contributed by atoms with Crippen LogP contribution in [0.3, 0.4) is 0 Å². The monoisotopic (exact) mass is 300 g/mol. The Bertz CT molecular complexity index is 329. The lowest BCUT2D eigenvalue weighted by Crippen LogP contribution is -2.38. The third kappa shape index (κ3) is 8.71. The number of hydrogen-bond acceptors (Lipinski definition) is 4. The van der Waals surface area contributed by atoms with E-state index in [-0.39, 0.29) is 18.8 Å². The van der Waals surface area contributed by atoms with E-state index >= 15 is 0 Å². The van der Waals surface area contributed by atoms with Crippen molar-refractivity contribution in [2.75, 3.05) is 6.61 Å². The number of aliphatic carboxylic acids is 1. The summed E-state index contributed by atoms with van der Waals surface area (Å²) >= 11 is 0. The highest BCUT2D eigenvalue weighted by Gasteiger charge is 2.33. The van der Waals surface area contributed by atoms with Gasteiger partial charge in [-0.25, -0.2) is 0 Å². The van der Waals surface area contributed by atoms with Gasteiger partial charge >= 0.3 is 11.9 Å². The van der Waals surface area contributed by atoms with Gasteiger partial charge in [0.15, 0.2) is 0 Å². The number of carbonyl (C=O) groups is 2. The molecule has 0 aromatic rings. The third-order valence-corrected chi connectivity index (χ3v) is 4.09. The molecule has 0 aliphatic carbocycles. The molecule has 21 heavy (non-hydrogen) atoms. The number of esters is 1. The Hall–Kier alpha value is -1.10. The zero-order valence-electron chi connectivity index (χ0n) is 12.8. The molecule has 0 aromatic carbocycles. The van der Waals surface area contributed by atoms with Crippen molar-refractivity contribution in [3.8, 4) is 0 Å². The lowest BCUT2D eigenvalue weighted by Gasteiger charge is -2.30. The van der Waals surface area contributed by atoms with Gasteiger partial charge in [0.2, 0.25) is 0 Å². The highest BCUT2D eigenvalue weighted by molar-refractivity contribution is 5.71. The zero-order valence-corrected chi connectivity index (χ0v) is 12.8. The smallest absolute Gasteiger partial charge is 0.308 e. The van der Waals surface area contributed by atoms with E-state index in [0.717, 1.165) is 51.4 Å². The molecule has 5 nitrogen and oxygen atoms in total. The van der Waals surface area contributed by atoms with E-state index < -0.39 is 11.6 Å². The number of aliphatic hydroxyl groups is 1. The van der Waals surface area contributed by atoms with Gasteiger partial charge in [-0.1, -0.05) is 44.9 Å². The topological polar surface area (TPSA) is 83.8 Å². The van der Waals surface area contributed by atoms with Crippen LogP contribution in [-0.4, -0.2) is 34.4 Å². The van der Waals surface area contributed by atoms with Crippen molar-refractivity contribution in [2.24, 2.45) is 0 Å². The summed E-state index contributed by atoms with van der Waals surface area (Å²) in [6, 6.07) is 0. The number of carboxylic acid groups (broad SMARTS) is 1. The largest absolute Gasteiger partial charge is 0.481 e. The van der Waals surface area contributed by atoms with E-state index in [0.29, 0.717) is 19.4 Å². The minimum Gasteiger partial charge on any atom is -0.481 e. The molecule has 1 heterocycles. The molecule has 5 heteroatoms. The second-order valence-corrected chi connectivity index (χ2v) is 6.09. The Morgan fingerprint density at radius 1 is 1.05 bits per heavy atom. The van der Waals surface area contributed by atoms with Crippen LogP contribution >= 0.6 is 0 Å². The average molecular weight is 300 g/mol. The maximum atomic E-state index is 11.2. The number of rotatable bonds is 11. The summed E-state index contributed by atoms with van der Waals surface area (Å²) in [5, 5.41) is 18.7. The van der Waals surface area contributed by atoms with E-state index in [1.54, 1.807) is 0 Å². The Kier molecular flexibility index (Phi) is 8.35. The lowest BCUT2D eigenvalue weighted by molar-refractivity contribution is -0.160. The number of carboxylic acids is 1. The van der Waals surface area contributed by atoms with Gasteiger partial charge in [0.05, 0.1) is 18.6 Å². The van der Waals surface area contributed by atoms with Crippen molar-refractivity contribution >= 4 is 11.9 Å². The average Bonchev–Trinajstić information content (AvgIpc) is 2.40. The standard InChI is InChI=1S/C16H28O5/c17-14(18)9-7-5-3-1-2-4-6-8-10-16(20)11-12-21-15(19)13-16/h20H,1-13H2,(H,17,18). The summed E-state index contributed by atoms with van der Waals surface area (Å²) < 4.78 is 4.84. The number of carbonyl (C=O) groups excluding carboxylic acids is 1. The minimum absolute atomic E-state index is 0.135. The SMILES string of the molecule is O=C(O)CCCCCCCCCCC1(O)CCOC(=O)C1. The molecule has 2 N–H and O–H groups in total. The molecule has 0 spiro atoms. The molecule has 0 amide bonds. The van der Waals surface area contributed by atoms with Crippen LogP contribution in [0.1, 0.15) is 77.0 Å². The first-order chi connectivity index (χ1) is 10.0. The van der Waals surface area contributed by atoms with Crippen molar-refractivity contribution < 1.29 is 24.5 Å². The molecule has 1 saturated heterocycles. The number of hydrogen-bond donors (Lipinski definition) is 2. The summed E-state index contributed by atoms with van der Waals surface area (Å²) in [5.41, 5.74) is -0.841. The van der Waals surface area contributed by atoms with Crippen LogP contribution in [0, 0.1) is 0 Å².